The molecule has 2 rings (SSSR count). The molecule has 0 radical (unpaired) electrons. The fourth-order valence-electron chi connectivity index (χ4n) is 1.88. The third-order valence-electron chi connectivity index (χ3n) is 2.68. The Labute approximate surface area is 106 Å². The number of hydrogen-bond donors (Lipinski definition) is 0. The summed E-state index contributed by atoms with van der Waals surface area (Å²) >= 11 is 5.86. The molecule has 1 aromatic heterocycles. The molecule has 1 aliphatic rings. The number of rotatable bonds is 1. The second-order valence-corrected chi connectivity index (χ2v) is 4.47. The molecule has 0 saturated carbocycles. The van der Waals surface area contributed by atoms with Gasteiger partial charge in [-0.15, -0.1) is 0 Å². The zero-order valence-corrected chi connectivity index (χ0v) is 10.5. The monoisotopic (exact) mass is 254 g/mol. The lowest BCUT2D eigenvalue weighted by Gasteiger charge is -2.19. The number of aromatic nitrogens is 1. The van der Waals surface area contributed by atoms with Crippen molar-refractivity contribution in [2.45, 2.75) is 13.3 Å². The minimum absolute atomic E-state index is 0.00269. The predicted octanol–water partition coefficient (Wildman–Crippen LogP) is 1.91. The summed E-state index contributed by atoms with van der Waals surface area (Å²) in [5, 5.41) is 0.361. The quantitative estimate of drug-likeness (QED) is 0.719. The highest BCUT2D eigenvalue weighted by Gasteiger charge is 2.18. The summed E-state index contributed by atoms with van der Waals surface area (Å²) in [7, 11) is 0. The first kappa shape index (κ1) is 12.3. The molecule has 2 heterocycles. The maximum Gasteiger partial charge on any atom is 0.254 e. The molecule has 1 aromatic rings. The Morgan fingerprint density at radius 2 is 2.24 bits per heavy atom. The summed E-state index contributed by atoms with van der Waals surface area (Å²) in [5.41, 5.74) is 1.36. The Kier molecular flexibility index (Phi) is 3.97. The smallest absolute Gasteiger partial charge is 0.254 e. The van der Waals surface area contributed by atoms with Crippen molar-refractivity contribution in [1.29, 1.82) is 0 Å². The topological polar surface area (TPSA) is 42.4 Å². The molecule has 92 valence electrons. The normalized spacial score (nSPS) is 16.7. The van der Waals surface area contributed by atoms with Crippen molar-refractivity contribution in [3.05, 3.63) is 28.5 Å². The van der Waals surface area contributed by atoms with E-state index in [0.29, 0.717) is 23.9 Å². The Bertz CT molecular complexity index is 395. The molecule has 1 saturated heterocycles. The average molecular weight is 255 g/mol. The van der Waals surface area contributed by atoms with Crippen molar-refractivity contribution < 1.29 is 9.53 Å². The van der Waals surface area contributed by atoms with Crippen LogP contribution in [-0.2, 0) is 4.74 Å². The van der Waals surface area contributed by atoms with Crippen molar-refractivity contribution in [2.75, 3.05) is 26.3 Å². The van der Waals surface area contributed by atoms with Crippen LogP contribution in [0.5, 0.6) is 0 Å². The first-order chi connectivity index (χ1) is 8.16. The molecular formula is C12H15ClN2O2. The Hall–Kier alpha value is -1.13. The van der Waals surface area contributed by atoms with Gasteiger partial charge in [-0.25, -0.2) is 4.98 Å². The van der Waals surface area contributed by atoms with Gasteiger partial charge in [0.2, 0.25) is 0 Å². The van der Waals surface area contributed by atoms with E-state index >= 15 is 0 Å². The molecule has 1 aliphatic heterocycles. The Morgan fingerprint density at radius 1 is 1.41 bits per heavy atom. The van der Waals surface area contributed by atoms with E-state index in [1.54, 1.807) is 17.0 Å². The second-order valence-electron chi connectivity index (χ2n) is 4.08. The van der Waals surface area contributed by atoms with E-state index in [0.717, 1.165) is 25.3 Å². The van der Waals surface area contributed by atoms with Crippen LogP contribution in [0.4, 0.5) is 0 Å². The lowest BCUT2D eigenvalue weighted by Crippen LogP contribution is -2.33. The predicted molar refractivity (Wildman–Crippen MR) is 65.3 cm³/mol. The van der Waals surface area contributed by atoms with Gasteiger partial charge in [-0.1, -0.05) is 11.6 Å². The number of aryl methyl sites for hydroxylation is 1. The van der Waals surface area contributed by atoms with Crippen LogP contribution in [0.3, 0.4) is 0 Å². The first-order valence-electron chi connectivity index (χ1n) is 5.68. The maximum atomic E-state index is 12.2. The van der Waals surface area contributed by atoms with Crippen LogP contribution in [-0.4, -0.2) is 42.1 Å². The van der Waals surface area contributed by atoms with E-state index in [4.69, 9.17) is 16.3 Å². The number of halogens is 1. The average Bonchev–Trinajstić information content (AvgIpc) is 2.55. The van der Waals surface area contributed by atoms with E-state index in [-0.39, 0.29) is 5.91 Å². The molecule has 1 amide bonds. The third kappa shape index (κ3) is 3.17. The van der Waals surface area contributed by atoms with Crippen LogP contribution >= 0.6 is 11.6 Å². The molecule has 0 N–H and O–H groups in total. The zero-order valence-electron chi connectivity index (χ0n) is 9.78. The molecule has 5 heteroatoms. The molecule has 0 aliphatic carbocycles. The highest BCUT2D eigenvalue weighted by atomic mass is 35.5. The van der Waals surface area contributed by atoms with Crippen LogP contribution in [0.2, 0.25) is 5.15 Å². The highest BCUT2D eigenvalue weighted by Crippen LogP contribution is 2.13. The summed E-state index contributed by atoms with van der Waals surface area (Å²) in [6.45, 7) is 4.52. The summed E-state index contributed by atoms with van der Waals surface area (Å²) in [6.07, 6.45) is 0.879. The number of ether oxygens (including phenoxy) is 1. The van der Waals surface area contributed by atoms with Crippen LogP contribution in [0, 0.1) is 6.92 Å². The lowest BCUT2D eigenvalue weighted by molar-refractivity contribution is 0.0741. The van der Waals surface area contributed by atoms with Crippen molar-refractivity contribution in [2.24, 2.45) is 0 Å². The van der Waals surface area contributed by atoms with Crippen LogP contribution < -0.4 is 0 Å². The highest BCUT2D eigenvalue weighted by molar-refractivity contribution is 6.29. The van der Waals surface area contributed by atoms with Gasteiger partial charge in [0, 0.05) is 31.0 Å². The summed E-state index contributed by atoms with van der Waals surface area (Å²) < 4.78 is 5.33. The molecule has 0 aromatic carbocycles. The lowest BCUT2D eigenvalue weighted by atomic mass is 10.2. The Balaban J connectivity index is 2.17. The molecule has 0 spiro atoms. The fourth-order valence-corrected chi connectivity index (χ4v) is 2.13. The standard InChI is InChI=1S/C12H15ClN2O2/c1-9-7-10(8-11(13)14-9)12(16)15-3-2-5-17-6-4-15/h7-8H,2-6H2,1H3. The minimum Gasteiger partial charge on any atom is -0.380 e. The molecule has 0 unspecified atom stereocenters. The number of pyridine rings is 1. The van der Waals surface area contributed by atoms with Crippen molar-refractivity contribution in [3.8, 4) is 0 Å². The van der Waals surface area contributed by atoms with Gasteiger partial charge in [-0.2, -0.15) is 0 Å². The van der Waals surface area contributed by atoms with Crippen LogP contribution in [0.1, 0.15) is 22.5 Å². The van der Waals surface area contributed by atoms with Gasteiger partial charge in [0.05, 0.1) is 6.61 Å². The number of carbonyl (C=O) groups is 1. The zero-order chi connectivity index (χ0) is 12.3. The number of nitrogens with zero attached hydrogens (tertiary/aromatic N) is 2. The first-order valence-corrected chi connectivity index (χ1v) is 6.06. The molecule has 17 heavy (non-hydrogen) atoms. The molecular weight excluding hydrogens is 240 g/mol. The van der Waals surface area contributed by atoms with Gasteiger partial charge in [0.25, 0.3) is 5.91 Å². The van der Waals surface area contributed by atoms with E-state index < -0.39 is 0 Å². The molecule has 4 nitrogen and oxygen atoms in total. The number of amides is 1. The third-order valence-corrected chi connectivity index (χ3v) is 2.87. The SMILES string of the molecule is Cc1cc(C(=O)N2CCCOCC2)cc(Cl)n1. The fraction of sp³-hybridized carbons (Fsp3) is 0.500. The van der Waals surface area contributed by atoms with E-state index in [1.807, 2.05) is 6.92 Å². The van der Waals surface area contributed by atoms with E-state index in [2.05, 4.69) is 4.98 Å². The van der Waals surface area contributed by atoms with Gasteiger partial charge in [0.1, 0.15) is 5.15 Å². The van der Waals surface area contributed by atoms with Gasteiger partial charge < -0.3 is 9.64 Å². The van der Waals surface area contributed by atoms with Gasteiger partial charge in [-0.3, -0.25) is 4.79 Å². The van der Waals surface area contributed by atoms with Crippen LogP contribution in [0.25, 0.3) is 0 Å². The van der Waals surface area contributed by atoms with E-state index in [1.165, 1.54) is 0 Å². The summed E-state index contributed by atoms with van der Waals surface area (Å²) in [4.78, 5) is 18.1. The minimum atomic E-state index is 0.00269. The van der Waals surface area contributed by atoms with Crippen molar-refractivity contribution >= 4 is 17.5 Å². The van der Waals surface area contributed by atoms with Crippen LogP contribution in [0.15, 0.2) is 12.1 Å². The Morgan fingerprint density at radius 3 is 3.00 bits per heavy atom. The van der Waals surface area contributed by atoms with Crippen molar-refractivity contribution in [1.82, 2.24) is 9.88 Å². The molecule has 0 bridgehead atoms. The van der Waals surface area contributed by atoms with Crippen molar-refractivity contribution in [3.63, 3.8) is 0 Å². The number of hydrogen-bond acceptors (Lipinski definition) is 3. The summed E-state index contributed by atoms with van der Waals surface area (Å²) in [5.74, 6) is 0.00269. The largest absolute Gasteiger partial charge is 0.380 e. The van der Waals surface area contributed by atoms with Gasteiger partial charge >= 0.3 is 0 Å². The summed E-state index contributed by atoms with van der Waals surface area (Å²) in [6, 6.07) is 3.38. The molecule has 0 atom stereocenters. The van der Waals surface area contributed by atoms with Gasteiger partial charge in [-0.05, 0) is 25.5 Å². The molecule has 1 fully saturated rings. The number of carbonyl (C=O) groups excluding carboxylic acids is 1. The van der Waals surface area contributed by atoms with Gasteiger partial charge in [0.15, 0.2) is 0 Å². The second kappa shape index (κ2) is 5.47. The maximum absolute atomic E-state index is 12.2. The van der Waals surface area contributed by atoms with E-state index in [9.17, 15) is 4.79 Å².